The van der Waals surface area contributed by atoms with Gasteiger partial charge in [-0.3, -0.25) is 0 Å². The van der Waals surface area contributed by atoms with Crippen LogP contribution in [0.15, 0.2) is 0 Å². The number of carbonyl (C=O) groups is 1. The highest BCUT2D eigenvalue weighted by atomic mass is 19.4. The van der Waals surface area contributed by atoms with Crippen LogP contribution in [0.25, 0.3) is 0 Å². The Hall–Kier alpha value is -0.940. The second-order valence-corrected chi connectivity index (χ2v) is 4.88. The van der Waals surface area contributed by atoms with Gasteiger partial charge in [0.15, 0.2) is 6.61 Å². The molecule has 106 valence electrons. The van der Waals surface area contributed by atoms with E-state index in [0.29, 0.717) is 5.92 Å². The van der Waals surface area contributed by atoms with E-state index >= 15 is 0 Å². The molecule has 0 bridgehead atoms. The number of halogens is 3. The third-order valence-electron chi connectivity index (χ3n) is 3.32. The third-order valence-corrected chi connectivity index (χ3v) is 3.32. The Balaban J connectivity index is 2.29. The number of alkyl carbamates (subject to hydrolysis) is 1. The molecule has 0 saturated heterocycles. The fourth-order valence-electron chi connectivity index (χ4n) is 2.30. The molecule has 1 N–H and O–H groups in total. The predicted molar refractivity (Wildman–Crippen MR) is 61.2 cm³/mol. The molecule has 0 spiro atoms. The summed E-state index contributed by atoms with van der Waals surface area (Å²) in [6, 6.07) is -0.135. The largest absolute Gasteiger partial charge is 0.440 e. The predicted octanol–water partition coefficient (Wildman–Crippen LogP) is 3.63. The molecule has 1 amide bonds. The van der Waals surface area contributed by atoms with Gasteiger partial charge in [0, 0.05) is 6.04 Å². The van der Waals surface area contributed by atoms with Crippen LogP contribution < -0.4 is 5.32 Å². The average Bonchev–Trinajstić information content (AvgIpc) is 2.54. The number of ether oxygens (including phenoxy) is 1. The Labute approximate surface area is 105 Å². The fraction of sp³-hybridized carbons (Fsp3) is 0.917. The highest BCUT2D eigenvalue weighted by Gasteiger charge is 2.30. The zero-order valence-electron chi connectivity index (χ0n) is 10.6. The Bertz CT molecular complexity index is 261. The van der Waals surface area contributed by atoms with Crippen molar-refractivity contribution in [3.63, 3.8) is 0 Å². The molecule has 0 aromatic rings. The molecule has 3 nitrogen and oxygen atoms in total. The molecule has 1 aliphatic rings. The summed E-state index contributed by atoms with van der Waals surface area (Å²) < 4.78 is 39.7. The minimum absolute atomic E-state index is 0.135. The van der Waals surface area contributed by atoms with Crippen LogP contribution in [0, 0.1) is 5.92 Å². The molecule has 0 radical (unpaired) electrons. The van der Waals surface area contributed by atoms with E-state index in [0.717, 1.165) is 25.7 Å². The molecule has 1 saturated carbocycles. The van der Waals surface area contributed by atoms with Crippen molar-refractivity contribution in [3.8, 4) is 0 Å². The smallest absolute Gasteiger partial charge is 0.422 e. The number of carbonyl (C=O) groups excluding carboxylic acids is 1. The summed E-state index contributed by atoms with van der Waals surface area (Å²) >= 11 is 0. The number of alkyl halides is 3. The first-order valence-corrected chi connectivity index (χ1v) is 6.38. The summed E-state index contributed by atoms with van der Waals surface area (Å²) in [5, 5.41) is 2.49. The van der Waals surface area contributed by atoms with E-state index in [1.165, 1.54) is 12.8 Å². The van der Waals surface area contributed by atoms with Gasteiger partial charge >= 0.3 is 12.3 Å². The van der Waals surface area contributed by atoms with Crippen LogP contribution in [0.3, 0.4) is 0 Å². The molecule has 0 unspecified atom stereocenters. The maximum atomic E-state index is 11.9. The molecular weight excluding hydrogens is 247 g/mol. The molecule has 6 heteroatoms. The quantitative estimate of drug-likeness (QED) is 0.793. The Morgan fingerprint density at radius 3 is 2.33 bits per heavy atom. The fourth-order valence-corrected chi connectivity index (χ4v) is 2.30. The molecule has 1 atom stereocenters. The van der Waals surface area contributed by atoms with Crippen LogP contribution in [0.1, 0.15) is 45.4 Å². The number of hydrogen-bond donors (Lipinski definition) is 1. The molecule has 1 fully saturated rings. The topological polar surface area (TPSA) is 38.3 Å². The van der Waals surface area contributed by atoms with Crippen molar-refractivity contribution < 1.29 is 22.7 Å². The molecule has 0 aliphatic heterocycles. The van der Waals surface area contributed by atoms with Crippen LogP contribution >= 0.6 is 0 Å². The van der Waals surface area contributed by atoms with Crippen molar-refractivity contribution >= 4 is 6.09 Å². The first-order chi connectivity index (χ1) is 8.38. The van der Waals surface area contributed by atoms with E-state index in [4.69, 9.17) is 0 Å². The molecule has 0 aromatic heterocycles. The van der Waals surface area contributed by atoms with Gasteiger partial charge in [-0.05, 0) is 25.7 Å². The SMILES string of the molecule is C[C@H](NC(=O)OCC(F)(F)F)C1CCCCCC1. The molecule has 18 heavy (non-hydrogen) atoms. The first-order valence-electron chi connectivity index (χ1n) is 6.38. The maximum absolute atomic E-state index is 11.9. The molecular formula is C12H20F3NO2. The lowest BCUT2D eigenvalue weighted by atomic mass is 9.93. The average molecular weight is 267 g/mol. The van der Waals surface area contributed by atoms with Gasteiger partial charge in [0.25, 0.3) is 0 Å². The van der Waals surface area contributed by atoms with Crippen LogP contribution in [-0.2, 0) is 4.74 Å². The molecule has 0 heterocycles. The highest BCUT2D eigenvalue weighted by molar-refractivity contribution is 5.67. The second-order valence-electron chi connectivity index (χ2n) is 4.88. The van der Waals surface area contributed by atoms with Crippen molar-refractivity contribution in [1.82, 2.24) is 5.32 Å². The standard InChI is InChI=1S/C12H20F3NO2/c1-9(10-6-4-2-3-5-7-10)16-11(17)18-8-12(13,14)15/h9-10H,2-8H2,1H3,(H,16,17)/t9-/m0/s1. The zero-order valence-corrected chi connectivity index (χ0v) is 10.6. The van der Waals surface area contributed by atoms with Crippen molar-refractivity contribution in [2.45, 2.75) is 57.7 Å². The monoisotopic (exact) mass is 267 g/mol. The number of hydrogen-bond acceptors (Lipinski definition) is 2. The molecule has 1 rings (SSSR count). The van der Waals surface area contributed by atoms with Crippen LogP contribution in [0.2, 0.25) is 0 Å². The van der Waals surface area contributed by atoms with Gasteiger partial charge in [0.1, 0.15) is 0 Å². The number of rotatable bonds is 3. The van der Waals surface area contributed by atoms with E-state index in [2.05, 4.69) is 10.1 Å². The lowest BCUT2D eigenvalue weighted by Crippen LogP contribution is -2.39. The van der Waals surface area contributed by atoms with E-state index < -0.39 is 18.9 Å². The van der Waals surface area contributed by atoms with E-state index in [-0.39, 0.29) is 6.04 Å². The molecule has 1 aliphatic carbocycles. The van der Waals surface area contributed by atoms with Crippen LogP contribution in [0.4, 0.5) is 18.0 Å². The van der Waals surface area contributed by atoms with Gasteiger partial charge in [0.05, 0.1) is 0 Å². The lowest BCUT2D eigenvalue weighted by molar-refractivity contribution is -0.160. The van der Waals surface area contributed by atoms with E-state index in [1.54, 1.807) is 0 Å². The Morgan fingerprint density at radius 2 is 1.83 bits per heavy atom. The first kappa shape index (κ1) is 15.1. The van der Waals surface area contributed by atoms with Gasteiger partial charge < -0.3 is 10.1 Å². The highest BCUT2D eigenvalue weighted by Crippen LogP contribution is 2.25. The van der Waals surface area contributed by atoms with Crippen molar-refractivity contribution in [2.75, 3.05) is 6.61 Å². The van der Waals surface area contributed by atoms with Crippen molar-refractivity contribution in [2.24, 2.45) is 5.92 Å². The summed E-state index contributed by atoms with van der Waals surface area (Å²) in [5.41, 5.74) is 0. The van der Waals surface area contributed by atoms with Crippen molar-refractivity contribution in [1.29, 1.82) is 0 Å². The van der Waals surface area contributed by atoms with E-state index in [9.17, 15) is 18.0 Å². The van der Waals surface area contributed by atoms with E-state index in [1.807, 2.05) is 6.92 Å². The third kappa shape index (κ3) is 6.12. The number of amides is 1. The Morgan fingerprint density at radius 1 is 1.28 bits per heavy atom. The second kappa shape index (κ2) is 6.85. The van der Waals surface area contributed by atoms with Gasteiger partial charge in [-0.1, -0.05) is 25.7 Å². The van der Waals surface area contributed by atoms with Crippen LogP contribution in [-0.4, -0.2) is 24.9 Å². The maximum Gasteiger partial charge on any atom is 0.422 e. The normalized spacial score (nSPS) is 20.0. The zero-order chi connectivity index (χ0) is 13.6. The summed E-state index contributed by atoms with van der Waals surface area (Å²) in [7, 11) is 0. The summed E-state index contributed by atoms with van der Waals surface area (Å²) in [5.74, 6) is 0.339. The minimum atomic E-state index is -4.47. The lowest BCUT2D eigenvalue weighted by Gasteiger charge is -2.23. The number of nitrogens with one attached hydrogen (secondary N) is 1. The van der Waals surface area contributed by atoms with Gasteiger partial charge in [-0.15, -0.1) is 0 Å². The molecule has 0 aromatic carbocycles. The van der Waals surface area contributed by atoms with Gasteiger partial charge in [0.2, 0.25) is 0 Å². The van der Waals surface area contributed by atoms with Gasteiger partial charge in [-0.2, -0.15) is 13.2 Å². The Kier molecular flexibility index (Phi) is 5.75. The summed E-state index contributed by atoms with van der Waals surface area (Å²) in [6.45, 7) is 0.293. The van der Waals surface area contributed by atoms with Gasteiger partial charge in [-0.25, -0.2) is 4.79 Å². The van der Waals surface area contributed by atoms with Crippen LogP contribution in [0.5, 0.6) is 0 Å². The summed E-state index contributed by atoms with van der Waals surface area (Å²) in [6.07, 6.45) is 1.21. The minimum Gasteiger partial charge on any atom is -0.440 e. The summed E-state index contributed by atoms with van der Waals surface area (Å²) in [4.78, 5) is 11.2. The van der Waals surface area contributed by atoms with Crippen molar-refractivity contribution in [3.05, 3.63) is 0 Å².